The lowest BCUT2D eigenvalue weighted by molar-refractivity contribution is 0.186. The molecule has 2 heteroatoms. The first-order valence-electron chi connectivity index (χ1n) is 6.25. The standard InChI is InChI=1S/C12H24N2/c1-10(2)12(9-13-11-5-6-11)14-7-3-4-8-14/h10-13H,3-9H2,1-2H3. The predicted octanol–water partition coefficient (Wildman–Crippen LogP) is 1.86. The molecule has 1 atom stereocenters. The van der Waals surface area contributed by atoms with Gasteiger partial charge in [0, 0.05) is 18.6 Å². The number of rotatable bonds is 5. The minimum Gasteiger partial charge on any atom is -0.312 e. The number of hydrogen-bond acceptors (Lipinski definition) is 2. The second-order valence-electron chi connectivity index (χ2n) is 5.24. The highest BCUT2D eigenvalue weighted by molar-refractivity contribution is 4.86. The molecule has 1 N–H and O–H groups in total. The molecule has 0 radical (unpaired) electrons. The quantitative estimate of drug-likeness (QED) is 0.722. The van der Waals surface area contributed by atoms with Crippen molar-refractivity contribution in [1.82, 2.24) is 10.2 Å². The predicted molar refractivity (Wildman–Crippen MR) is 60.5 cm³/mol. The Hall–Kier alpha value is -0.0800. The topological polar surface area (TPSA) is 15.3 Å². The van der Waals surface area contributed by atoms with Crippen LogP contribution in [0.3, 0.4) is 0 Å². The summed E-state index contributed by atoms with van der Waals surface area (Å²) in [5.41, 5.74) is 0. The molecular formula is C12H24N2. The van der Waals surface area contributed by atoms with Gasteiger partial charge in [0.05, 0.1) is 0 Å². The molecule has 14 heavy (non-hydrogen) atoms. The van der Waals surface area contributed by atoms with Crippen LogP contribution in [0, 0.1) is 5.92 Å². The molecule has 1 aliphatic heterocycles. The van der Waals surface area contributed by atoms with Crippen LogP contribution in [0.1, 0.15) is 39.5 Å². The molecule has 0 aromatic rings. The summed E-state index contributed by atoms with van der Waals surface area (Å²) in [5, 5.41) is 3.67. The Morgan fingerprint density at radius 3 is 2.36 bits per heavy atom. The maximum Gasteiger partial charge on any atom is 0.0243 e. The van der Waals surface area contributed by atoms with E-state index in [9.17, 15) is 0 Å². The molecule has 1 saturated heterocycles. The largest absolute Gasteiger partial charge is 0.312 e. The van der Waals surface area contributed by atoms with E-state index in [1.807, 2.05) is 0 Å². The first-order chi connectivity index (χ1) is 6.77. The number of likely N-dealkylation sites (tertiary alicyclic amines) is 1. The van der Waals surface area contributed by atoms with Crippen LogP contribution in [-0.2, 0) is 0 Å². The summed E-state index contributed by atoms with van der Waals surface area (Å²) in [4.78, 5) is 2.68. The Bertz CT molecular complexity index is 169. The summed E-state index contributed by atoms with van der Waals surface area (Å²) in [6, 6.07) is 1.64. The summed E-state index contributed by atoms with van der Waals surface area (Å²) < 4.78 is 0. The molecule has 0 bridgehead atoms. The molecule has 0 amide bonds. The van der Waals surface area contributed by atoms with Crippen molar-refractivity contribution >= 4 is 0 Å². The molecule has 1 aliphatic carbocycles. The van der Waals surface area contributed by atoms with E-state index >= 15 is 0 Å². The van der Waals surface area contributed by atoms with E-state index < -0.39 is 0 Å². The van der Waals surface area contributed by atoms with E-state index in [2.05, 4.69) is 24.1 Å². The maximum atomic E-state index is 3.67. The van der Waals surface area contributed by atoms with Crippen molar-refractivity contribution < 1.29 is 0 Å². The molecule has 1 saturated carbocycles. The summed E-state index contributed by atoms with van der Waals surface area (Å²) in [7, 11) is 0. The van der Waals surface area contributed by atoms with Crippen LogP contribution in [0.15, 0.2) is 0 Å². The third kappa shape index (κ3) is 2.71. The molecule has 0 spiro atoms. The van der Waals surface area contributed by atoms with Crippen molar-refractivity contribution in [3.63, 3.8) is 0 Å². The summed E-state index contributed by atoms with van der Waals surface area (Å²) in [6.45, 7) is 8.59. The average Bonchev–Trinajstić information content (AvgIpc) is 2.80. The van der Waals surface area contributed by atoms with E-state index in [0.717, 1.165) is 18.0 Å². The fraction of sp³-hybridized carbons (Fsp3) is 1.00. The second-order valence-corrected chi connectivity index (χ2v) is 5.24. The Kier molecular flexibility index (Phi) is 3.45. The van der Waals surface area contributed by atoms with Gasteiger partial charge in [-0.15, -0.1) is 0 Å². The number of nitrogens with one attached hydrogen (secondary N) is 1. The molecule has 82 valence electrons. The average molecular weight is 196 g/mol. The van der Waals surface area contributed by atoms with Crippen LogP contribution in [-0.4, -0.2) is 36.6 Å². The third-order valence-electron chi connectivity index (χ3n) is 3.57. The van der Waals surface area contributed by atoms with Gasteiger partial charge in [-0.2, -0.15) is 0 Å². The van der Waals surface area contributed by atoms with Crippen molar-refractivity contribution in [2.24, 2.45) is 5.92 Å². The van der Waals surface area contributed by atoms with E-state index in [-0.39, 0.29) is 0 Å². The Morgan fingerprint density at radius 1 is 1.21 bits per heavy atom. The van der Waals surface area contributed by atoms with Crippen molar-refractivity contribution in [1.29, 1.82) is 0 Å². The van der Waals surface area contributed by atoms with E-state index in [1.54, 1.807) is 0 Å². The SMILES string of the molecule is CC(C)C(CNC1CC1)N1CCCC1. The van der Waals surface area contributed by atoms with Crippen molar-refractivity contribution in [2.75, 3.05) is 19.6 Å². The molecule has 2 nitrogen and oxygen atoms in total. The van der Waals surface area contributed by atoms with Crippen LogP contribution >= 0.6 is 0 Å². The molecule has 1 unspecified atom stereocenters. The second kappa shape index (κ2) is 4.63. The smallest absolute Gasteiger partial charge is 0.0243 e. The first kappa shape index (κ1) is 10.4. The van der Waals surface area contributed by atoms with Crippen molar-refractivity contribution in [2.45, 2.75) is 51.6 Å². The van der Waals surface area contributed by atoms with E-state index in [0.29, 0.717) is 0 Å². The van der Waals surface area contributed by atoms with Gasteiger partial charge in [0.2, 0.25) is 0 Å². The lowest BCUT2D eigenvalue weighted by Gasteiger charge is -2.31. The fourth-order valence-electron chi connectivity index (χ4n) is 2.43. The van der Waals surface area contributed by atoms with Crippen LogP contribution in [0.5, 0.6) is 0 Å². The van der Waals surface area contributed by atoms with Crippen molar-refractivity contribution in [3.05, 3.63) is 0 Å². The Balaban J connectivity index is 1.78. The van der Waals surface area contributed by atoms with Gasteiger partial charge in [0.1, 0.15) is 0 Å². The van der Waals surface area contributed by atoms with Crippen molar-refractivity contribution in [3.8, 4) is 0 Å². The van der Waals surface area contributed by atoms with Crippen LogP contribution in [0.25, 0.3) is 0 Å². The van der Waals surface area contributed by atoms with Crippen LogP contribution < -0.4 is 5.32 Å². The van der Waals surface area contributed by atoms with Gasteiger partial charge in [0.25, 0.3) is 0 Å². The lowest BCUT2D eigenvalue weighted by atomic mass is 10.0. The zero-order chi connectivity index (χ0) is 9.97. The summed E-state index contributed by atoms with van der Waals surface area (Å²) in [5.74, 6) is 0.791. The van der Waals surface area contributed by atoms with E-state index in [1.165, 1.54) is 45.3 Å². The Morgan fingerprint density at radius 2 is 1.86 bits per heavy atom. The highest BCUT2D eigenvalue weighted by Gasteiger charge is 2.27. The monoisotopic (exact) mass is 196 g/mol. The van der Waals surface area contributed by atoms with Gasteiger partial charge in [-0.1, -0.05) is 13.8 Å². The first-order valence-corrected chi connectivity index (χ1v) is 6.25. The fourth-order valence-corrected chi connectivity index (χ4v) is 2.43. The molecule has 2 rings (SSSR count). The van der Waals surface area contributed by atoms with Crippen LogP contribution in [0.4, 0.5) is 0 Å². The molecule has 1 heterocycles. The molecule has 0 aromatic carbocycles. The van der Waals surface area contributed by atoms with Gasteiger partial charge < -0.3 is 5.32 Å². The molecule has 0 aromatic heterocycles. The van der Waals surface area contributed by atoms with E-state index in [4.69, 9.17) is 0 Å². The normalized spacial score (nSPS) is 25.9. The number of nitrogens with zero attached hydrogens (tertiary/aromatic N) is 1. The lowest BCUT2D eigenvalue weighted by Crippen LogP contribution is -2.44. The van der Waals surface area contributed by atoms with Gasteiger partial charge in [-0.05, 0) is 44.7 Å². The van der Waals surface area contributed by atoms with Gasteiger partial charge in [0.15, 0.2) is 0 Å². The summed E-state index contributed by atoms with van der Waals surface area (Å²) >= 11 is 0. The highest BCUT2D eigenvalue weighted by Crippen LogP contribution is 2.21. The minimum atomic E-state index is 0.776. The zero-order valence-electron chi connectivity index (χ0n) is 9.63. The van der Waals surface area contributed by atoms with Gasteiger partial charge >= 0.3 is 0 Å². The molecular weight excluding hydrogens is 172 g/mol. The zero-order valence-corrected chi connectivity index (χ0v) is 9.63. The van der Waals surface area contributed by atoms with Gasteiger partial charge in [-0.25, -0.2) is 0 Å². The highest BCUT2D eigenvalue weighted by atomic mass is 15.2. The minimum absolute atomic E-state index is 0.776. The Labute approximate surface area is 88.1 Å². The molecule has 2 aliphatic rings. The van der Waals surface area contributed by atoms with Gasteiger partial charge in [-0.3, -0.25) is 4.90 Å². The van der Waals surface area contributed by atoms with Crippen LogP contribution in [0.2, 0.25) is 0 Å². The molecule has 2 fully saturated rings. The number of hydrogen-bond donors (Lipinski definition) is 1. The third-order valence-corrected chi connectivity index (χ3v) is 3.57. The maximum absolute atomic E-state index is 3.67. The summed E-state index contributed by atoms with van der Waals surface area (Å²) in [6.07, 6.45) is 5.63.